The average Bonchev–Trinajstić information content (AvgIpc) is 3.23. The highest BCUT2D eigenvalue weighted by atomic mass is 32.2. The smallest absolute Gasteiger partial charge is 0.234 e. The van der Waals surface area contributed by atoms with Gasteiger partial charge in [-0.15, -0.1) is 10.2 Å². The van der Waals surface area contributed by atoms with E-state index in [1.54, 1.807) is 0 Å². The van der Waals surface area contributed by atoms with Crippen LogP contribution in [-0.2, 0) is 17.8 Å². The molecule has 1 unspecified atom stereocenters. The maximum Gasteiger partial charge on any atom is 0.234 e. The lowest BCUT2D eigenvalue weighted by Gasteiger charge is -2.16. The van der Waals surface area contributed by atoms with Gasteiger partial charge in [-0.2, -0.15) is 0 Å². The van der Waals surface area contributed by atoms with Crippen LogP contribution in [0.5, 0.6) is 11.5 Å². The maximum atomic E-state index is 12.5. The zero-order valence-corrected chi connectivity index (χ0v) is 19.8. The summed E-state index contributed by atoms with van der Waals surface area (Å²) in [5.41, 5.74) is 1.93. The zero-order valence-electron chi connectivity index (χ0n) is 19.0. The van der Waals surface area contributed by atoms with Crippen LogP contribution in [0.3, 0.4) is 0 Å². The first-order valence-corrected chi connectivity index (χ1v) is 11.9. The molecule has 1 aromatic heterocycles. The zero-order chi connectivity index (χ0) is 22.9. The van der Waals surface area contributed by atoms with Crippen molar-refractivity contribution in [1.29, 1.82) is 0 Å². The van der Waals surface area contributed by atoms with Gasteiger partial charge in [0.1, 0.15) is 11.5 Å². The van der Waals surface area contributed by atoms with Crippen LogP contribution in [0.25, 0.3) is 0 Å². The highest BCUT2D eigenvalue weighted by molar-refractivity contribution is 7.99. The van der Waals surface area contributed by atoms with E-state index in [9.17, 15) is 4.79 Å². The van der Waals surface area contributed by atoms with E-state index in [4.69, 9.17) is 9.47 Å². The number of amides is 1. The molecule has 32 heavy (non-hydrogen) atoms. The summed E-state index contributed by atoms with van der Waals surface area (Å²) in [4.78, 5) is 12.5. The predicted octanol–water partition coefficient (Wildman–Crippen LogP) is 5.13. The van der Waals surface area contributed by atoms with Gasteiger partial charge in [0.25, 0.3) is 0 Å². The van der Waals surface area contributed by atoms with Crippen LogP contribution < -0.4 is 14.8 Å². The first kappa shape index (κ1) is 23.7. The van der Waals surface area contributed by atoms with Crippen molar-refractivity contribution in [1.82, 2.24) is 14.8 Å². The Balaban J connectivity index is 1.62. The number of benzene rings is 2. The number of hydrogen-bond acceptors (Lipinski definition) is 6. The normalized spacial score (nSPS) is 11.8. The van der Waals surface area contributed by atoms with Gasteiger partial charge in [0, 0.05) is 6.54 Å². The number of aromatic nitrogens is 3. The molecular weight excluding hydrogens is 424 g/mol. The topological polar surface area (TPSA) is 78.3 Å². The second kappa shape index (κ2) is 11.6. The van der Waals surface area contributed by atoms with Crippen molar-refractivity contribution in [2.24, 2.45) is 0 Å². The number of carbonyl (C=O) groups is 1. The molecule has 0 saturated carbocycles. The Kier molecular flexibility index (Phi) is 8.56. The monoisotopic (exact) mass is 454 g/mol. The number of carbonyl (C=O) groups excluding carboxylic acids is 1. The maximum absolute atomic E-state index is 12.5. The number of nitrogens with one attached hydrogen (secondary N) is 1. The average molecular weight is 455 g/mol. The van der Waals surface area contributed by atoms with E-state index in [2.05, 4.69) is 34.6 Å². The molecule has 0 radical (unpaired) electrons. The summed E-state index contributed by atoms with van der Waals surface area (Å²) in [5.74, 6) is 2.27. The minimum Gasteiger partial charge on any atom is -0.492 e. The van der Waals surface area contributed by atoms with E-state index >= 15 is 0 Å². The van der Waals surface area contributed by atoms with Crippen molar-refractivity contribution in [3.63, 3.8) is 0 Å². The molecule has 0 fully saturated rings. The van der Waals surface area contributed by atoms with E-state index in [1.807, 2.05) is 61.7 Å². The Labute approximate surface area is 193 Å². The van der Waals surface area contributed by atoms with Gasteiger partial charge in [-0.05, 0) is 57.0 Å². The minimum atomic E-state index is -0.267. The number of para-hydroxylation sites is 2. The second-order valence-corrected chi connectivity index (χ2v) is 8.05. The summed E-state index contributed by atoms with van der Waals surface area (Å²) in [6.07, 6.45) is 0.724. The molecule has 0 bridgehead atoms. The highest BCUT2D eigenvalue weighted by Gasteiger charge is 2.19. The first-order chi connectivity index (χ1) is 15.5. The van der Waals surface area contributed by atoms with Crippen molar-refractivity contribution in [3.05, 3.63) is 59.9 Å². The molecule has 1 amide bonds. The Morgan fingerprint density at radius 2 is 1.84 bits per heavy atom. The number of hydrogen-bond donors (Lipinski definition) is 1. The van der Waals surface area contributed by atoms with E-state index in [-0.39, 0.29) is 17.8 Å². The third-order valence-corrected chi connectivity index (χ3v) is 5.83. The molecule has 0 aliphatic carbocycles. The molecule has 1 atom stereocenters. The Morgan fingerprint density at radius 1 is 1.09 bits per heavy atom. The van der Waals surface area contributed by atoms with Crippen molar-refractivity contribution in [3.8, 4) is 11.5 Å². The summed E-state index contributed by atoms with van der Waals surface area (Å²) in [7, 11) is 0. The van der Waals surface area contributed by atoms with E-state index in [0.717, 1.165) is 18.0 Å². The number of aryl methyl sites for hydroxylation is 1. The molecule has 0 saturated heterocycles. The van der Waals surface area contributed by atoms with Gasteiger partial charge < -0.3 is 19.4 Å². The largest absolute Gasteiger partial charge is 0.492 e. The fourth-order valence-electron chi connectivity index (χ4n) is 3.23. The van der Waals surface area contributed by atoms with Crippen LogP contribution in [-0.4, -0.2) is 33.0 Å². The Bertz CT molecular complexity index is 1020. The third kappa shape index (κ3) is 6.03. The van der Waals surface area contributed by atoms with Crippen LogP contribution in [0.4, 0.5) is 5.69 Å². The van der Waals surface area contributed by atoms with Crippen LogP contribution in [0.2, 0.25) is 0 Å². The second-order valence-electron chi connectivity index (χ2n) is 7.11. The molecular formula is C24H30N4O3S. The molecule has 170 valence electrons. The molecule has 8 heteroatoms. The fraction of sp³-hybridized carbons (Fsp3) is 0.375. The summed E-state index contributed by atoms with van der Waals surface area (Å²) >= 11 is 1.35. The summed E-state index contributed by atoms with van der Waals surface area (Å²) in [6.45, 7) is 9.23. The molecule has 1 heterocycles. The van der Waals surface area contributed by atoms with E-state index in [1.165, 1.54) is 17.3 Å². The van der Waals surface area contributed by atoms with Crippen molar-refractivity contribution < 1.29 is 14.3 Å². The lowest BCUT2D eigenvalue weighted by molar-refractivity contribution is -0.113. The van der Waals surface area contributed by atoms with Gasteiger partial charge in [-0.3, -0.25) is 4.79 Å². The molecule has 2 aromatic carbocycles. The number of nitrogens with zero attached hydrogens (tertiary/aromatic N) is 3. The third-order valence-electron chi connectivity index (χ3n) is 4.86. The number of ether oxygens (including phenoxy) is 2. The van der Waals surface area contributed by atoms with Gasteiger partial charge >= 0.3 is 0 Å². The molecule has 3 aromatic rings. The highest BCUT2D eigenvalue weighted by Crippen LogP contribution is 2.26. The van der Waals surface area contributed by atoms with Gasteiger partial charge in [0.05, 0.1) is 18.0 Å². The summed E-state index contributed by atoms with van der Waals surface area (Å²) in [6, 6.07) is 15.5. The van der Waals surface area contributed by atoms with E-state index in [0.29, 0.717) is 29.7 Å². The molecule has 1 N–H and O–H groups in total. The van der Waals surface area contributed by atoms with Gasteiger partial charge in [-0.25, -0.2) is 0 Å². The lowest BCUT2D eigenvalue weighted by Crippen LogP contribution is -2.16. The molecule has 0 aliphatic rings. The van der Waals surface area contributed by atoms with E-state index < -0.39 is 0 Å². The summed E-state index contributed by atoms with van der Waals surface area (Å²) in [5, 5.41) is 12.2. The number of thioether (sulfide) groups is 1. The number of rotatable bonds is 11. The fourth-order valence-corrected chi connectivity index (χ4v) is 4.04. The molecule has 7 nitrogen and oxygen atoms in total. The van der Waals surface area contributed by atoms with Gasteiger partial charge in [-0.1, -0.05) is 43.0 Å². The van der Waals surface area contributed by atoms with Gasteiger partial charge in [0.2, 0.25) is 5.91 Å². The van der Waals surface area contributed by atoms with Gasteiger partial charge in [0.15, 0.2) is 17.1 Å². The lowest BCUT2D eigenvalue weighted by atomic mass is 10.2. The predicted molar refractivity (Wildman–Crippen MR) is 128 cm³/mol. The SMILES string of the molecule is CCOc1ccccc1NC(=O)CSc1nnc(C(C)Oc2ccc(CC)cc2)n1CC. The Hall–Kier alpha value is -3.00. The van der Waals surface area contributed by atoms with Crippen LogP contribution >= 0.6 is 11.8 Å². The Morgan fingerprint density at radius 3 is 2.53 bits per heavy atom. The number of anilines is 1. The molecule has 0 spiro atoms. The van der Waals surface area contributed by atoms with Crippen molar-refractivity contribution >= 4 is 23.4 Å². The van der Waals surface area contributed by atoms with Crippen LogP contribution in [0, 0.1) is 0 Å². The van der Waals surface area contributed by atoms with Crippen molar-refractivity contribution in [2.45, 2.75) is 51.9 Å². The van der Waals surface area contributed by atoms with Crippen LogP contribution in [0.1, 0.15) is 45.2 Å². The quantitative estimate of drug-likeness (QED) is 0.405. The minimum absolute atomic E-state index is 0.130. The summed E-state index contributed by atoms with van der Waals surface area (Å²) < 4.78 is 13.6. The first-order valence-electron chi connectivity index (χ1n) is 10.9. The molecule has 0 aliphatic heterocycles. The van der Waals surface area contributed by atoms with Crippen molar-refractivity contribution in [2.75, 3.05) is 17.7 Å². The molecule has 3 rings (SSSR count). The standard InChI is InChI=1S/C24H30N4O3S/c1-5-18-12-14-19(15-13-18)31-17(4)23-26-27-24(28(23)6-2)32-16-22(29)25-20-10-8-9-11-21(20)30-7-3/h8-15,17H,5-7,16H2,1-4H3,(H,25,29). The van der Waals surface area contributed by atoms with Crippen LogP contribution in [0.15, 0.2) is 53.7 Å².